The van der Waals surface area contributed by atoms with Crippen LogP contribution < -0.4 is 4.90 Å². The van der Waals surface area contributed by atoms with E-state index in [1.54, 1.807) is 17.0 Å². The summed E-state index contributed by atoms with van der Waals surface area (Å²) in [6, 6.07) is 33.4. The number of piperidine rings is 1. The Hall–Kier alpha value is -4.79. The number of hydrogen-bond acceptors (Lipinski definition) is 12. The lowest BCUT2D eigenvalue weighted by Crippen LogP contribution is -2.35. The lowest BCUT2D eigenvalue weighted by Gasteiger charge is -2.36. The minimum absolute atomic E-state index is 0.0164. The molecule has 1 heterocycles. The molecule has 0 amide bonds. The number of halogens is 4. The summed E-state index contributed by atoms with van der Waals surface area (Å²) >= 11 is 7.53. The predicted molar refractivity (Wildman–Crippen MR) is 258 cm³/mol. The fourth-order valence-electron chi connectivity index (χ4n) is 8.11. The number of aliphatic hydroxyl groups is 3. The van der Waals surface area contributed by atoms with Gasteiger partial charge in [0.1, 0.15) is 5.75 Å². The summed E-state index contributed by atoms with van der Waals surface area (Å²) in [6.45, 7) is 1.46. The van der Waals surface area contributed by atoms with Crippen LogP contribution in [0.3, 0.4) is 0 Å². The summed E-state index contributed by atoms with van der Waals surface area (Å²) in [5.74, 6) is -1.99. The van der Waals surface area contributed by atoms with Crippen molar-refractivity contribution >= 4 is 61.0 Å². The number of Topliss-reactive ketones (excluding diaryl/α,β-unsaturated/α-hetero) is 1. The van der Waals surface area contributed by atoms with E-state index in [-0.39, 0.29) is 56.2 Å². The average Bonchev–Trinajstić information content (AvgIpc) is 3.32. The first-order valence-corrected chi connectivity index (χ1v) is 26.2. The van der Waals surface area contributed by atoms with Crippen molar-refractivity contribution in [2.45, 2.75) is 52.0 Å². The van der Waals surface area contributed by atoms with Gasteiger partial charge in [-0.3, -0.25) is 14.5 Å². The molecule has 1 aliphatic heterocycles. The summed E-state index contributed by atoms with van der Waals surface area (Å²) in [6.07, 6.45) is 0.867. The molecule has 4 N–H and O–H groups in total. The maximum absolute atomic E-state index is 14.2. The highest BCUT2D eigenvalue weighted by atomic mass is 35.5. The SMILES string of the molecule is O=C(CS(=O)(=O)c1ccc(C[C@H](CCN(CCO)CCO)CSc2ccccc2)c(S(=O)(=O)C(F)(F)F)c1)c1ccc(N2CCC([C@@H](O)c3ccccc3-c3ccc(Cl)cc3)CC2)cc1.O=CO. The number of thioether (sulfide) groups is 1. The van der Waals surface area contributed by atoms with Gasteiger partial charge >= 0.3 is 5.51 Å². The molecule has 1 saturated heterocycles. The number of nitrogens with zero attached hydrogens (tertiary/aromatic N) is 2. The number of carboxylic acid groups (broad SMARTS) is 1. The number of benzene rings is 5. The average molecular weight is 1020 g/mol. The fourth-order valence-corrected chi connectivity index (χ4v) is 11.7. The van der Waals surface area contributed by atoms with Crippen molar-refractivity contribution in [3.63, 3.8) is 0 Å². The van der Waals surface area contributed by atoms with Gasteiger partial charge in [0.2, 0.25) is 0 Å². The van der Waals surface area contributed by atoms with E-state index in [0.29, 0.717) is 55.7 Å². The monoisotopic (exact) mass is 1020 g/mol. The number of carbonyl (C=O) groups is 2. The van der Waals surface area contributed by atoms with E-state index in [2.05, 4.69) is 4.90 Å². The van der Waals surface area contributed by atoms with Crippen LogP contribution in [-0.2, 0) is 30.9 Å². The normalized spacial score (nSPS) is 14.5. The Balaban J connectivity index is 0.00000280. The number of anilines is 1. The van der Waals surface area contributed by atoms with Crippen LogP contribution in [0.25, 0.3) is 11.1 Å². The van der Waals surface area contributed by atoms with Crippen LogP contribution in [0, 0.1) is 11.8 Å². The zero-order valence-corrected chi connectivity index (χ0v) is 40.1. The van der Waals surface area contributed by atoms with Crippen molar-refractivity contribution in [2.24, 2.45) is 11.8 Å². The second-order valence-corrected chi connectivity index (χ2v) is 21.6. The molecular weight excluding hydrogens is 965 g/mol. The van der Waals surface area contributed by atoms with Crippen LogP contribution in [-0.4, -0.2) is 117 Å². The van der Waals surface area contributed by atoms with Crippen LogP contribution in [0.5, 0.6) is 0 Å². The van der Waals surface area contributed by atoms with Crippen molar-refractivity contribution in [1.82, 2.24) is 4.90 Å². The number of aliphatic hydroxyl groups excluding tert-OH is 3. The molecule has 0 radical (unpaired) electrons. The van der Waals surface area contributed by atoms with Crippen molar-refractivity contribution in [1.29, 1.82) is 0 Å². The molecule has 0 bridgehead atoms. The minimum Gasteiger partial charge on any atom is -0.483 e. The fraction of sp³-hybridized carbons (Fsp3) is 0.347. The summed E-state index contributed by atoms with van der Waals surface area (Å²) in [4.78, 5) is 24.6. The number of rotatable bonds is 21. The quantitative estimate of drug-likeness (QED) is 0.0313. The van der Waals surface area contributed by atoms with Crippen molar-refractivity contribution < 1.29 is 60.0 Å². The van der Waals surface area contributed by atoms with Crippen molar-refractivity contribution in [3.8, 4) is 11.1 Å². The van der Waals surface area contributed by atoms with Crippen molar-refractivity contribution in [3.05, 3.63) is 143 Å². The number of alkyl halides is 3. The lowest BCUT2D eigenvalue weighted by atomic mass is 9.84. The topological polar surface area (TPSA) is 190 Å². The van der Waals surface area contributed by atoms with Gasteiger partial charge in [0.15, 0.2) is 15.6 Å². The summed E-state index contributed by atoms with van der Waals surface area (Å²) in [7, 11) is -10.7. The summed E-state index contributed by atoms with van der Waals surface area (Å²) in [5.41, 5.74) is -2.42. The van der Waals surface area contributed by atoms with Gasteiger partial charge in [0, 0.05) is 53.1 Å². The number of carbonyl (C=O) groups excluding carboxylic acids is 1. The third-order valence-corrected chi connectivity index (χ3v) is 16.4. The van der Waals surface area contributed by atoms with E-state index in [1.807, 2.05) is 78.9 Å². The molecule has 1 fully saturated rings. The highest BCUT2D eigenvalue weighted by Gasteiger charge is 2.48. The van der Waals surface area contributed by atoms with Gasteiger partial charge in [-0.2, -0.15) is 13.2 Å². The van der Waals surface area contributed by atoms with Gasteiger partial charge in [0.05, 0.1) is 29.1 Å². The number of sulfone groups is 2. The molecular formula is C49H54ClF3N2O10S3. The molecule has 68 heavy (non-hydrogen) atoms. The first-order valence-electron chi connectivity index (χ1n) is 21.7. The lowest BCUT2D eigenvalue weighted by molar-refractivity contribution is -0.122. The number of ketones is 1. The Morgan fingerprint density at radius 2 is 1.44 bits per heavy atom. The first-order chi connectivity index (χ1) is 32.4. The van der Waals surface area contributed by atoms with Crippen LogP contribution in [0.2, 0.25) is 5.02 Å². The van der Waals surface area contributed by atoms with Crippen LogP contribution >= 0.6 is 23.4 Å². The van der Waals surface area contributed by atoms with Gasteiger partial charge in [-0.05, 0) is 127 Å². The summed E-state index contributed by atoms with van der Waals surface area (Å²) < 4.78 is 96.1. The third-order valence-electron chi connectivity index (χ3n) is 11.7. The highest BCUT2D eigenvalue weighted by molar-refractivity contribution is 7.99. The van der Waals surface area contributed by atoms with Crippen molar-refractivity contribution in [2.75, 3.05) is 62.3 Å². The Morgan fingerprint density at radius 1 is 0.838 bits per heavy atom. The van der Waals surface area contributed by atoms with E-state index in [1.165, 1.54) is 23.9 Å². The Bertz CT molecular complexity index is 2630. The van der Waals surface area contributed by atoms with Crippen LogP contribution in [0.1, 0.15) is 46.9 Å². The second-order valence-electron chi connectivity index (χ2n) is 16.2. The molecule has 366 valence electrons. The summed E-state index contributed by atoms with van der Waals surface area (Å²) in [5, 5.41) is 38.0. The standard InChI is InChI=1S/C48H52ClF3N2O8S3.CH2O2/c49-39-15-10-35(11-16-39)43-8-4-5-9-44(43)47(58)37-21-24-54(25-22-37)40-17-12-36(13-18-40)45(57)33-64(59,60)42-19-14-38(46(31-42)65(61,62)48(50,51)52)30-34(20-23-53(26-28-55)27-29-56)32-63-41-6-2-1-3-7-41;2-1-3/h1-19,31,34,37,47,55-56,58H,20-30,32-33H2;1H,(H,2,3)/t34-,47+;/m0./s1. The molecule has 6 rings (SSSR count). The molecule has 1 aliphatic rings. The maximum atomic E-state index is 14.2. The Labute approximate surface area is 404 Å². The van der Waals surface area contributed by atoms with Crippen LogP contribution in [0.4, 0.5) is 18.9 Å². The Morgan fingerprint density at radius 3 is 2.04 bits per heavy atom. The number of hydrogen-bond donors (Lipinski definition) is 4. The maximum Gasteiger partial charge on any atom is 0.501 e. The molecule has 0 spiro atoms. The molecule has 5 aromatic rings. The molecule has 0 aromatic heterocycles. The largest absolute Gasteiger partial charge is 0.501 e. The predicted octanol–water partition coefficient (Wildman–Crippen LogP) is 8.24. The smallest absolute Gasteiger partial charge is 0.483 e. The van der Waals surface area contributed by atoms with E-state index in [9.17, 15) is 50.1 Å². The van der Waals surface area contributed by atoms with E-state index < -0.39 is 58.5 Å². The van der Waals surface area contributed by atoms with E-state index >= 15 is 0 Å². The molecule has 0 saturated carbocycles. The van der Waals surface area contributed by atoms with Gasteiger partial charge in [-0.1, -0.05) is 72.3 Å². The molecule has 5 aromatic carbocycles. The zero-order valence-electron chi connectivity index (χ0n) is 36.9. The van der Waals surface area contributed by atoms with Crippen LogP contribution in [0.15, 0.2) is 136 Å². The molecule has 19 heteroatoms. The zero-order chi connectivity index (χ0) is 49.5. The third kappa shape index (κ3) is 14.6. The molecule has 2 atom stereocenters. The van der Waals surface area contributed by atoms with Gasteiger partial charge < -0.3 is 25.3 Å². The molecule has 0 unspecified atom stereocenters. The van der Waals surface area contributed by atoms with E-state index in [4.69, 9.17) is 21.5 Å². The van der Waals surface area contributed by atoms with E-state index in [0.717, 1.165) is 39.4 Å². The van der Waals surface area contributed by atoms with Gasteiger partial charge in [-0.15, -0.1) is 11.8 Å². The Kier molecular flexibility index (Phi) is 20.1. The first kappa shape index (κ1) is 54.2. The minimum atomic E-state index is -6.04. The van der Waals surface area contributed by atoms with Gasteiger partial charge in [0.25, 0.3) is 16.3 Å². The molecule has 0 aliphatic carbocycles. The highest BCUT2D eigenvalue weighted by Crippen LogP contribution is 2.39. The van der Waals surface area contributed by atoms with Gasteiger partial charge in [-0.25, -0.2) is 16.8 Å². The molecule has 12 nitrogen and oxygen atoms in total. The second kappa shape index (κ2) is 25.2.